The average molecular weight is 348 g/mol. The fourth-order valence-electron chi connectivity index (χ4n) is 2.38. The Bertz CT molecular complexity index is 1010. The summed E-state index contributed by atoms with van der Waals surface area (Å²) < 4.78 is 8.99. The third-order valence-electron chi connectivity index (χ3n) is 3.44. The second-order valence-electron chi connectivity index (χ2n) is 4.74. The molecule has 0 radical (unpaired) electrons. The van der Waals surface area contributed by atoms with Crippen molar-refractivity contribution in [1.29, 1.82) is 0 Å². The summed E-state index contributed by atoms with van der Waals surface area (Å²) in [5.74, 6) is 5.35. The third-order valence-corrected chi connectivity index (χ3v) is 6.07. The standard InChI is InChI=1S/C18H8N2S3/c1-3-11-5-9-15(21-11)13-7-8-14(18-17(13)19-23-20-18)16-10-6-12(4-2)22-16/h1-2,5-10H. The molecule has 0 saturated carbocycles. The van der Waals surface area contributed by atoms with Gasteiger partial charge < -0.3 is 0 Å². The van der Waals surface area contributed by atoms with Crippen LogP contribution in [0.4, 0.5) is 0 Å². The summed E-state index contributed by atoms with van der Waals surface area (Å²) in [5.41, 5.74) is 3.96. The summed E-state index contributed by atoms with van der Waals surface area (Å²) in [6.45, 7) is 0. The number of rotatable bonds is 2. The van der Waals surface area contributed by atoms with Crippen LogP contribution in [0, 0.1) is 24.7 Å². The molecular weight excluding hydrogens is 340 g/mol. The van der Waals surface area contributed by atoms with Gasteiger partial charge in [0.15, 0.2) is 0 Å². The molecule has 0 aliphatic rings. The van der Waals surface area contributed by atoms with E-state index in [1.54, 1.807) is 22.7 Å². The molecule has 0 aliphatic heterocycles. The summed E-state index contributed by atoms with van der Waals surface area (Å²) in [7, 11) is 0. The van der Waals surface area contributed by atoms with E-state index in [9.17, 15) is 0 Å². The van der Waals surface area contributed by atoms with E-state index in [0.717, 1.165) is 41.7 Å². The van der Waals surface area contributed by atoms with Gasteiger partial charge in [0.25, 0.3) is 0 Å². The van der Waals surface area contributed by atoms with Crippen LogP contribution in [-0.4, -0.2) is 8.75 Å². The lowest BCUT2D eigenvalue weighted by atomic mass is 10.1. The smallest absolute Gasteiger partial charge is 0.114 e. The largest absolute Gasteiger partial charge is 0.172 e. The van der Waals surface area contributed by atoms with Gasteiger partial charge in [0.2, 0.25) is 0 Å². The van der Waals surface area contributed by atoms with Gasteiger partial charge in [-0.2, -0.15) is 8.75 Å². The lowest BCUT2D eigenvalue weighted by molar-refractivity contribution is 1.63. The second-order valence-corrected chi connectivity index (χ2v) is 7.43. The maximum Gasteiger partial charge on any atom is 0.114 e. The number of nitrogens with zero attached hydrogens (tertiary/aromatic N) is 2. The summed E-state index contributed by atoms with van der Waals surface area (Å²) in [4.78, 5) is 4.05. The Morgan fingerprint density at radius 1 is 0.696 bits per heavy atom. The molecule has 2 nitrogen and oxygen atoms in total. The van der Waals surface area contributed by atoms with E-state index in [-0.39, 0.29) is 0 Å². The zero-order valence-corrected chi connectivity index (χ0v) is 14.2. The van der Waals surface area contributed by atoms with Crippen molar-refractivity contribution in [3.05, 3.63) is 46.2 Å². The van der Waals surface area contributed by atoms with Gasteiger partial charge in [-0.1, -0.05) is 24.0 Å². The normalized spacial score (nSPS) is 10.5. The first-order valence-electron chi connectivity index (χ1n) is 6.69. The molecular formula is C18H8N2S3. The molecule has 5 heteroatoms. The number of hydrogen-bond donors (Lipinski definition) is 0. The van der Waals surface area contributed by atoms with Crippen molar-refractivity contribution in [2.45, 2.75) is 0 Å². The van der Waals surface area contributed by atoms with Crippen molar-refractivity contribution in [1.82, 2.24) is 8.75 Å². The van der Waals surface area contributed by atoms with Gasteiger partial charge in [0.05, 0.1) is 21.5 Å². The van der Waals surface area contributed by atoms with Crippen molar-refractivity contribution in [3.63, 3.8) is 0 Å². The van der Waals surface area contributed by atoms with E-state index in [2.05, 4.69) is 32.7 Å². The molecule has 0 spiro atoms. The van der Waals surface area contributed by atoms with Crippen LogP contribution in [0.25, 0.3) is 31.9 Å². The molecule has 4 aromatic rings. The molecule has 23 heavy (non-hydrogen) atoms. The zero-order valence-electron chi connectivity index (χ0n) is 11.7. The number of aromatic nitrogens is 2. The number of terminal acetylenes is 2. The third kappa shape index (κ3) is 2.36. The van der Waals surface area contributed by atoms with Crippen molar-refractivity contribution >= 4 is 45.4 Å². The van der Waals surface area contributed by atoms with E-state index in [1.807, 2.05) is 24.3 Å². The summed E-state index contributed by atoms with van der Waals surface area (Å²) >= 11 is 4.41. The molecule has 3 heterocycles. The number of benzene rings is 1. The minimum absolute atomic E-state index is 0.911. The van der Waals surface area contributed by atoms with Gasteiger partial charge in [-0.15, -0.1) is 35.5 Å². The minimum Gasteiger partial charge on any atom is -0.172 e. The Balaban J connectivity index is 1.91. The topological polar surface area (TPSA) is 25.8 Å². The van der Waals surface area contributed by atoms with Gasteiger partial charge in [-0.05, 0) is 24.3 Å². The van der Waals surface area contributed by atoms with Crippen LogP contribution in [0.2, 0.25) is 0 Å². The maximum atomic E-state index is 5.47. The number of hydrogen-bond acceptors (Lipinski definition) is 5. The Labute approximate surface area is 145 Å². The molecule has 0 fully saturated rings. The predicted molar refractivity (Wildman–Crippen MR) is 99.9 cm³/mol. The number of thiophene rings is 2. The molecule has 0 N–H and O–H groups in total. The summed E-state index contributed by atoms with van der Waals surface area (Å²) in [5, 5.41) is 0. The molecule has 0 amide bonds. The minimum atomic E-state index is 0.911. The van der Waals surface area contributed by atoms with E-state index >= 15 is 0 Å². The first kappa shape index (κ1) is 14.2. The predicted octanol–water partition coefficient (Wildman–Crippen LogP) is 5.11. The summed E-state index contributed by atoms with van der Waals surface area (Å²) in [6, 6.07) is 12.2. The fraction of sp³-hybridized carbons (Fsp3) is 0. The average Bonchev–Trinajstić information content (AvgIpc) is 3.32. The van der Waals surface area contributed by atoms with Gasteiger partial charge in [0, 0.05) is 20.9 Å². The molecule has 0 unspecified atom stereocenters. The highest BCUT2D eigenvalue weighted by atomic mass is 32.1. The highest BCUT2D eigenvalue weighted by Crippen LogP contribution is 2.38. The highest BCUT2D eigenvalue weighted by molar-refractivity contribution is 7.16. The van der Waals surface area contributed by atoms with E-state index in [1.165, 1.54) is 11.7 Å². The molecule has 108 valence electrons. The molecule has 0 aliphatic carbocycles. The SMILES string of the molecule is C#Cc1ccc(-c2ccc(-c3ccc(C#C)s3)c3nsnc23)s1. The molecule has 0 bridgehead atoms. The van der Waals surface area contributed by atoms with Crippen LogP contribution in [0.5, 0.6) is 0 Å². The molecule has 0 atom stereocenters. The van der Waals surface area contributed by atoms with E-state index < -0.39 is 0 Å². The number of fused-ring (bicyclic) bond motifs is 1. The van der Waals surface area contributed by atoms with Gasteiger partial charge in [0.1, 0.15) is 11.0 Å². The van der Waals surface area contributed by atoms with Gasteiger partial charge in [-0.25, -0.2) is 0 Å². The molecule has 0 saturated heterocycles. The fourth-order valence-corrected chi connectivity index (χ4v) is 4.64. The van der Waals surface area contributed by atoms with Crippen LogP contribution in [0.15, 0.2) is 36.4 Å². The Hall–Kier alpha value is -2.44. The van der Waals surface area contributed by atoms with Gasteiger partial charge in [-0.3, -0.25) is 0 Å². The molecule has 1 aromatic carbocycles. The lowest BCUT2D eigenvalue weighted by Gasteiger charge is -2.03. The Kier molecular flexibility index (Phi) is 3.48. The van der Waals surface area contributed by atoms with Crippen molar-refractivity contribution < 1.29 is 0 Å². The molecule has 3 aromatic heterocycles. The van der Waals surface area contributed by atoms with Crippen molar-refractivity contribution in [2.24, 2.45) is 0 Å². The highest BCUT2D eigenvalue weighted by Gasteiger charge is 2.15. The van der Waals surface area contributed by atoms with Crippen LogP contribution in [0.1, 0.15) is 9.75 Å². The lowest BCUT2D eigenvalue weighted by Crippen LogP contribution is -1.81. The van der Waals surface area contributed by atoms with E-state index in [4.69, 9.17) is 12.8 Å². The first-order valence-corrected chi connectivity index (χ1v) is 9.05. The van der Waals surface area contributed by atoms with Crippen LogP contribution < -0.4 is 0 Å². The van der Waals surface area contributed by atoms with Crippen molar-refractivity contribution in [3.8, 4) is 45.6 Å². The molecule has 4 rings (SSSR count). The summed E-state index contributed by atoms with van der Waals surface area (Å²) in [6.07, 6.45) is 10.9. The van der Waals surface area contributed by atoms with Crippen LogP contribution in [0.3, 0.4) is 0 Å². The quantitative estimate of drug-likeness (QED) is 0.470. The first-order chi connectivity index (χ1) is 11.3. The van der Waals surface area contributed by atoms with Crippen molar-refractivity contribution in [2.75, 3.05) is 0 Å². The second kappa shape index (κ2) is 5.64. The van der Waals surface area contributed by atoms with Gasteiger partial charge >= 0.3 is 0 Å². The van der Waals surface area contributed by atoms with Crippen LogP contribution >= 0.6 is 34.4 Å². The monoisotopic (exact) mass is 348 g/mol. The van der Waals surface area contributed by atoms with Crippen LogP contribution in [-0.2, 0) is 0 Å². The zero-order chi connectivity index (χ0) is 15.8. The van der Waals surface area contributed by atoms with E-state index in [0.29, 0.717) is 0 Å². The Morgan fingerprint density at radius 3 is 1.57 bits per heavy atom. The Morgan fingerprint density at radius 2 is 1.17 bits per heavy atom. The maximum absolute atomic E-state index is 5.47.